The monoisotopic (exact) mass is 227 g/mol. The van der Waals surface area contributed by atoms with Gasteiger partial charge < -0.3 is 19.8 Å². The largest absolute Gasteiger partial charge is 0.432 e. The highest BCUT2D eigenvalue weighted by molar-refractivity contribution is 5.21. The molecule has 16 heavy (non-hydrogen) atoms. The van der Waals surface area contributed by atoms with Crippen molar-refractivity contribution in [3.63, 3.8) is 0 Å². The molecule has 1 rings (SSSR count). The lowest BCUT2D eigenvalue weighted by molar-refractivity contribution is 0.128. The van der Waals surface area contributed by atoms with Crippen LogP contribution < -0.4 is 10.6 Å². The van der Waals surface area contributed by atoms with Crippen LogP contribution in [0.2, 0.25) is 0 Å². The van der Waals surface area contributed by atoms with E-state index in [0.717, 1.165) is 12.2 Å². The molecule has 1 aromatic rings. The molecule has 1 atom stereocenters. The zero-order valence-corrected chi connectivity index (χ0v) is 10.4. The lowest BCUT2D eigenvalue weighted by Gasteiger charge is -2.08. The first-order valence-electron chi connectivity index (χ1n) is 5.56. The Morgan fingerprint density at radius 2 is 2.19 bits per heavy atom. The second-order valence-electron chi connectivity index (χ2n) is 4.11. The van der Waals surface area contributed by atoms with Crippen LogP contribution in [0.1, 0.15) is 26.5 Å². The average molecular weight is 227 g/mol. The Labute approximate surface area is 96.6 Å². The third kappa shape index (κ3) is 4.63. The van der Waals surface area contributed by atoms with Crippen LogP contribution >= 0.6 is 0 Å². The van der Waals surface area contributed by atoms with Gasteiger partial charge in [-0.05, 0) is 6.92 Å². The van der Waals surface area contributed by atoms with Gasteiger partial charge in [-0.15, -0.1) is 0 Å². The summed E-state index contributed by atoms with van der Waals surface area (Å²) in [6.07, 6.45) is 1.80. The van der Waals surface area contributed by atoms with Gasteiger partial charge in [-0.2, -0.15) is 4.98 Å². The van der Waals surface area contributed by atoms with E-state index in [9.17, 15) is 0 Å². The molecule has 0 aliphatic heterocycles. The summed E-state index contributed by atoms with van der Waals surface area (Å²) in [6.45, 7) is 7.59. The van der Waals surface area contributed by atoms with Gasteiger partial charge in [0.2, 0.25) is 0 Å². The van der Waals surface area contributed by atoms with Gasteiger partial charge in [0.05, 0.1) is 11.8 Å². The molecule has 0 aliphatic rings. The molecule has 0 aromatic carbocycles. The van der Waals surface area contributed by atoms with Gasteiger partial charge >= 0.3 is 0 Å². The first-order chi connectivity index (χ1) is 7.61. The Morgan fingerprint density at radius 3 is 2.81 bits per heavy atom. The molecule has 0 saturated heterocycles. The summed E-state index contributed by atoms with van der Waals surface area (Å²) < 4.78 is 10.4. The van der Waals surface area contributed by atoms with E-state index in [2.05, 4.69) is 29.5 Å². The molecular weight excluding hydrogens is 206 g/mol. The van der Waals surface area contributed by atoms with Gasteiger partial charge in [-0.1, -0.05) is 13.8 Å². The van der Waals surface area contributed by atoms with Crippen LogP contribution in [-0.4, -0.2) is 30.8 Å². The van der Waals surface area contributed by atoms with Crippen molar-refractivity contribution in [1.29, 1.82) is 0 Å². The number of rotatable bonds is 7. The van der Waals surface area contributed by atoms with Crippen molar-refractivity contribution in [1.82, 2.24) is 10.3 Å². The Bertz CT molecular complexity index is 299. The highest BCUT2D eigenvalue weighted by atomic mass is 16.5. The first kappa shape index (κ1) is 13.0. The fourth-order valence-corrected chi connectivity index (χ4v) is 1.09. The summed E-state index contributed by atoms with van der Waals surface area (Å²) in [5.74, 6) is 0. The topological polar surface area (TPSA) is 59.3 Å². The Kier molecular flexibility index (Phi) is 5.28. The quantitative estimate of drug-likeness (QED) is 0.741. The molecule has 0 radical (unpaired) electrons. The molecule has 0 fully saturated rings. The molecule has 92 valence electrons. The Hall–Kier alpha value is -1.07. The van der Waals surface area contributed by atoms with Gasteiger partial charge in [0.1, 0.15) is 6.26 Å². The molecule has 2 N–H and O–H groups in total. The van der Waals surface area contributed by atoms with E-state index in [-0.39, 0.29) is 6.10 Å². The third-order valence-corrected chi connectivity index (χ3v) is 2.19. The minimum atomic E-state index is 0.143. The van der Waals surface area contributed by atoms with E-state index < -0.39 is 0 Å². The molecule has 0 spiro atoms. The van der Waals surface area contributed by atoms with Gasteiger partial charge in [0.25, 0.3) is 6.01 Å². The van der Waals surface area contributed by atoms with Crippen molar-refractivity contribution in [3.05, 3.63) is 12.0 Å². The van der Waals surface area contributed by atoms with E-state index in [1.807, 2.05) is 6.92 Å². The molecule has 0 bridgehead atoms. The normalized spacial score (nSPS) is 13.1. The van der Waals surface area contributed by atoms with Crippen molar-refractivity contribution in [2.24, 2.45) is 0 Å². The maximum atomic E-state index is 5.27. The van der Waals surface area contributed by atoms with Crippen LogP contribution in [0, 0.1) is 0 Å². The number of methoxy groups -OCH3 is 1. The molecule has 0 amide bonds. The zero-order valence-electron chi connectivity index (χ0n) is 10.4. The summed E-state index contributed by atoms with van der Waals surface area (Å²) in [4.78, 5) is 4.29. The van der Waals surface area contributed by atoms with Gasteiger partial charge in [-0.25, -0.2) is 0 Å². The fourth-order valence-electron chi connectivity index (χ4n) is 1.09. The number of ether oxygens (including phenoxy) is 1. The van der Waals surface area contributed by atoms with Crippen molar-refractivity contribution in [2.75, 3.05) is 19.0 Å². The van der Waals surface area contributed by atoms with Crippen molar-refractivity contribution in [3.8, 4) is 0 Å². The summed E-state index contributed by atoms with van der Waals surface area (Å²) in [5, 5.41) is 6.35. The number of anilines is 1. The second-order valence-corrected chi connectivity index (χ2v) is 4.11. The van der Waals surface area contributed by atoms with Crippen LogP contribution in [0.15, 0.2) is 10.7 Å². The van der Waals surface area contributed by atoms with Crippen LogP contribution in [0.3, 0.4) is 0 Å². The second kappa shape index (κ2) is 6.50. The molecule has 1 aromatic heterocycles. The third-order valence-electron chi connectivity index (χ3n) is 2.19. The molecule has 5 heteroatoms. The van der Waals surface area contributed by atoms with Gasteiger partial charge in [-0.3, -0.25) is 0 Å². The molecule has 5 nitrogen and oxygen atoms in total. The van der Waals surface area contributed by atoms with E-state index in [0.29, 0.717) is 18.6 Å². The average Bonchev–Trinajstić information content (AvgIpc) is 2.71. The van der Waals surface area contributed by atoms with E-state index in [1.165, 1.54) is 0 Å². The lowest BCUT2D eigenvalue weighted by Crippen LogP contribution is -2.22. The minimum absolute atomic E-state index is 0.143. The number of aromatic nitrogens is 1. The predicted octanol–water partition coefficient (Wildman–Crippen LogP) is 1.62. The van der Waals surface area contributed by atoms with E-state index in [1.54, 1.807) is 13.4 Å². The standard InChI is InChI=1S/C11H21N3O2/c1-8(2)12-6-10-7-16-11(14-10)13-5-9(3)15-4/h7-9,12H,5-6H2,1-4H3,(H,13,14). The fraction of sp³-hybridized carbons (Fsp3) is 0.727. The highest BCUT2D eigenvalue weighted by Gasteiger charge is 2.05. The SMILES string of the molecule is COC(C)CNc1nc(CNC(C)C)co1. The summed E-state index contributed by atoms with van der Waals surface area (Å²) in [6, 6.07) is 0.992. The number of oxazole rings is 1. The maximum absolute atomic E-state index is 5.27. The molecule has 0 saturated carbocycles. The molecule has 1 heterocycles. The minimum Gasteiger partial charge on any atom is -0.432 e. The number of hydrogen-bond acceptors (Lipinski definition) is 5. The van der Waals surface area contributed by atoms with Gasteiger partial charge in [0.15, 0.2) is 0 Å². The van der Waals surface area contributed by atoms with Crippen LogP contribution in [-0.2, 0) is 11.3 Å². The van der Waals surface area contributed by atoms with Crippen LogP contribution in [0.5, 0.6) is 0 Å². The number of hydrogen-bond donors (Lipinski definition) is 2. The van der Waals surface area contributed by atoms with E-state index >= 15 is 0 Å². The van der Waals surface area contributed by atoms with E-state index in [4.69, 9.17) is 9.15 Å². The summed E-state index contributed by atoms with van der Waals surface area (Å²) >= 11 is 0. The molecule has 0 aliphatic carbocycles. The summed E-state index contributed by atoms with van der Waals surface area (Å²) in [7, 11) is 1.68. The first-order valence-corrected chi connectivity index (χ1v) is 5.56. The number of nitrogens with one attached hydrogen (secondary N) is 2. The Balaban J connectivity index is 2.33. The van der Waals surface area contributed by atoms with Crippen molar-refractivity contribution in [2.45, 2.75) is 39.5 Å². The zero-order chi connectivity index (χ0) is 12.0. The number of nitrogens with zero attached hydrogens (tertiary/aromatic N) is 1. The smallest absolute Gasteiger partial charge is 0.294 e. The predicted molar refractivity (Wildman–Crippen MR) is 63.4 cm³/mol. The maximum Gasteiger partial charge on any atom is 0.294 e. The Morgan fingerprint density at radius 1 is 1.44 bits per heavy atom. The van der Waals surface area contributed by atoms with Crippen molar-refractivity contribution >= 4 is 6.01 Å². The van der Waals surface area contributed by atoms with Crippen LogP contribution in [0.25, 0.3) is 0 Å². The lowest BCUT2D eigenvalue weighted by atomic mass is 10.4. The highest BCUT2D eigenvalue weighted by Crippen LogP contribution is 2.07. The summed E-state index contributed by atoms with van der Waals surface area (Å²) in [5.41, 5.74) is 0.904. The van der Waals surface area contributed by atoms with Crippen molar-refractivity contribution < 1.29 is 9.15 Å². The van der Waals surface area contributed by atoms with Gasteiger partial charge in [0, 0.05) is 26.2 Å². The van der Waals surface area contributed by atoms with Crippen LogP contribution in [0.4, 0.5) is 6.01 Å². The molecule has 1 unspecified atom stereocenters. The molecular formula is C11H21N3O2.